The largest absolute Gasteiger partial charge is 0.298 e. The molecular weight excluding hydrogens is 352 g/mol. The predicted molar refractivity (Wildman–Crippen MR) is 98.4 cm³/mol. The Balaban J connectivity index is 1.88. The lowest BCUT2D eigenvalue weighted by Gasteiger charge is -2.12. The topological polar surface area (TPSA) is 74.8 Å². The maximum atomic E-state index is 12.9. The maximum absolute atomic E-state index is 12.9. The number of thioether (sulfide) groups is 1. The van der Waals surface area contributed by atoms with Gasteiger partial charge in [-0.05, 0) is 30.0 Å². The molecule has 2 aliphatic heterocycles. The lowest BCUT2D eigenvalue weighted by atomic mass is 10.1. The second-order valence-corrected chi connectivity index (χ2v) is 6.69. The summed E-state index contributed by atoms with van der Waals surface area (Å²) in [7, 11) is 0. The third-order valence-electron chi connectivity index (χ3n) is 4.16. The van der Waals surface area contributed by atoms with Gasteiger partial charge in [0.15, 0.2) is 0 Å². The van der Waals surface area contributed by atoms with Crippen molar-refractivity contribution in [3.05, 3.63) is 65.1 Å². The Hall–Kier alpha value is -3.19. The number of para-hydroxylation sites is 2. The molecule has 0 unspecified atom stereocenters. The maximum Gasteiger partial charge on any atom is 0.298 e. The summed E-state index contributed by atoms with van der Waals surface area (Å²) in [5.41, 5.74) is 1.43. The van der Waals surface area contributed by atoms with E-state index in [1.54, 1.807) is 54.6 Å². The summed E-state index contributed by atoms with van der Waals surface area (Å²) >= 11 is 0.713. The first-order valence-corrected chi connectivity index (χ1v) is 8.62. The molecule has 7 heteroatoms. The summed E-state index contributed by atoms with van der Waals surface area (Å²) in [6.45, 7) is 1.29. The molecule has 0 spiro atoms. The van der Waals surface area contributed by atoms with Crippen LogP contribution in [-0.2, 0) is 14.4 Å². The van der Waals surface area contributed by atoms with Crippen molar-refractivity contribution in [1.82, 2.24) is 0 Å². The number of anilines is 2. The van der Waals surface area contributed by atoms with E-state index in [1.165, 1.54) is 6.92 Å². The molecule has 2 aromatic carbocycles. The summed E-state index contributed by atoms with van der Waals surface area (Å²) in [6, 6.07) is 15.3. The van der Waals surface area contributed by atoms with Gasteiger partial charge in [0.25, 0.3) is 17.1 Å². The number of hydrogen-bond donors (Lipinski definition) is 0. The molecule has 0 N–H and O–H groups in total. The van der Waals surface area contributed by atoms with Gasteiger partial charge in [-0.1, -0.05) is 36.4 Å². The number of carbonyl (C=O) groups excluding carboxylic acids is 4. The minimum Gasteiger partial charge on any atom is -0.274 e. The lowest BCUT2D eigenvalue weighted by molar-refractivity contribution is -0.122. The molecule has 128 valence electrons. The van der Waals surface area contributed by atoms with E-state index in [0.717, 1.165) is 9.80 Å². The van der Waals surface area contributed by atoms with Crippen LogP contribution in [0.15, 0.2) is 59.5 Å². The van der Waals surface area contributed by atoms with Crippen LogP contribution in [0, 0.1) is 0 Å². The van der Waals surface area contributed by atoms with Crippen LogP contribution in [-0.4, -0.2) is 23.0 Å². The Morgan fingerprint density at radius 2 is 1.54 bits per heavy atom. The number of fused-ring (bicyclic) bond motifs is 1. The molecule has 1 saturated heterocycles. The van der Waals surface area contributed by atoms with Gasteiger partial charge in [0, 0.05) is 12.5 Å². The third kappa shape index (κ3) is 2.28. The van der Waals surface area contributed by atoms with Crippen molar-refractivity contribution in [2.75, 3.05) is 9.80 Å². The van der Waals surface area contributed by atoms with E-state index in [9.17, 15) is 19.2 Å². The molecule has 0 atom stereocenters. The summed E-state index contributed by atoms with van der Waals surface area (Å²) in [6.07, 6.45) is 0. The highest BCUT2D eigenvalue weighted by Gasteiger charge is 2.44. The molecule has 0 aromatic heterocycles. The molecule has 0 saturated carbocycles. The van der Waals surface area contributed by atoms with Crippen molar-refractivity contribution in [2.45, 2.75) is 6.92 Å². The molecule has 26 heavy (non-hydrogen) atoms. The van der Waals surface area contributed by atoms with Crippen LogP contribution < -0.4 is 9.80 Å². The average Bonchev–Trinajstić information content (AvgIpc) is 3.08. The fraction of sp³-hybridized carbons (Fsp3) is 0.0526. The van der Waals surface area contributed by atoms with Crippen molar-refractivity contribution >= 4 is 51.7 Å². The number of hydrogen-bond acceptors (Lipinski definition) is 5. The molecule has 2 aliphatic rings. The number of benzene rings is 2. The van der Waals surface area contributed by atoms with E-state index in [4.69, 9.17) is 0 Å². The number of nitrogens with zero attached hydrogens (tertiary/aromatic N) is 2. The monoisotopic (exact) mass is 364 g/mol. The summed E-state index contributed by atoms with van der Waals surface area (Å²) in [5, 5.41) is -0.477. The highest BCUT2D eigenvalue weighted by atomic mass is 32.2. The van der Waals surface area contributed by atoms with Gasteiger partial charge in [-0.3, -0.25) is 19.2 Å². The molecule has 4 amide bonds. The molecule has 2 heterocycles. The van der Waals surface area contributed by atoms with E-state index in [-0.39, 0.29) is 10.5 Å². The van der Waals surface area contributed by atoms with Crippen molar-refractivity contribution in [2.24, 2.45) is 0 Å². The summed E-state index contributed by atoms with van der Waals surface area (Å²) < 4.78 is 0. The predicted octanol–water partition coefficient (Wildman–Crippen LogP) is 3.19. The Kier molecular flexibility index (Phi) is 3.73. The normalized spacial score (nSPS) is 19.3. The van der Waals surface area contributed by atoms with Crippen LogP contribution >= 0.6 is 11.8 Å². The van der Waals surface area contributed by atoms with Gasteiger partial charge in [0.2, 0.25) is 5.91 Å². The Morgan fingerprint density at radius 1 is 0.885 bits per heavy atom. The number of imide groups is 2. The zero-order valence-corrected chi connectivity index (χ0v) is 14.4. The molecular formula is C19H12N2O4S. The highest BCUT2D eigenvalue weighted by molar-refractivity contribution is 8.19. The minimum absolute atomic E-state index is 0.0417. The van der Waals surface area contributed by atoms with E-state index < -0.39 is 23.0 Å². The molecule has 1 fully saturated rings. The van der Waals surface area contributed by atoms with Gasteiger partial charge in [-0.2, -0.15) is 0 Å². The molecule has 6 nitrogen and oxygen atoms in total. The number of amides is 4. The van der Waals surface area contributed by atoms with Crippen molar-refractivity contribution in [1.29, 1.82) is 0 Å². The van der Waals surface area contributed by atoms with Gasteiger partial charge in [-0.15, -0.1) is 0 Å². The van der Waals surface area contributed by atoms with Crippen LogP contribution in [0.5, 0.6) is 0 Å². The smallest absolute Gasteiger partial charge is 0.274 e. The van der Waals surface area contributed by atoms with Gasteiger partial charge in [-0.25, -0.2) is 9.80 Å². The first-order chi connectivity index (χ1) is 12.5. The fourth-order valence-electron chi connectivity index (χ4n) is 3.07. The first-order valence-electron chi connectivity index (χ1n) is 7.80. The molecule has 0 bridgehead atoms. The average molecular weight is 364 g/mol. The van der Waals surface area contributed by atoms with Crippen molar-refractivity contribution in [3.8, 4) is 0 Å². The Labute approximate surface area is 153 Å². The van der Waals surface area contributed by atoms with Crippen LogP contribution in [0.4, 0.5) is 16.2 Å². The molecule has 4 rings (SSSR count). The fourth-order valence-corrected chi connectivity index (χ4v) is 4.00. The van der Waals surface area contributed by atoms with Gasteiger partial charge < -0.3 is 0 Å². The quantitative estimate of drug-likeness (QED) is 0.727. The number of carbonyl (C=O) groups is 4. The van der Waals surface area contributed by atoms with Gasteiger partial charge in [0.05, 0.1) is 21.9 Å². The van der Waals surface area contributed by atoms with Crippen LogP contribution in [0.1, 0.15) is 12.5 Å². The zero-order chi connectivity index (χ0) is 18.4. The van der Waals surface area contributed by atoms with E-state index in [2.05, 4.69) is 0 Å². The Bertz CT molecular complexity index is 1010. The summed E-state index contributed by atoms with van der Waals surface area (Å²) in [4.78, 5) is 52.2. The second kappa shape index (κ2) is 5.96. The van der Waals surface area contributed by atoms with Crippen molar-refractivity contribution in [3.63, 3.8) is 0 Å². The molecule has 2 aromatic rings. The zero-order valence-electron chi connectivity index (χ0n) is 13.6. The summed E-state index contributed by atoms with van der Waals surface area (Å²) in [5.74, 6) is -1.59. The van der Waals surface area contributed by atoms with Gasteiger partial charge >= 0.3 is 0 Å². The van der Waals surface area contributed by atoms with E-state index in [0.29, 0.717) is 28.7 Å². The van der Waals surface area contributed by atoms with E-state index in [1.807, 2.05) is 0 Å². The molecule has 0 radical (unpaired) electrons. The standard InChI is InChI=1S/C19H12N2O4S/c1-11(22)20-14-10-6-5-9-13(14)15(17(20)23)16-18(24)21(19(25)26-16)12-7-3-2-4-8-12/h2-10H,1H3. The SMILES string of the molecule is CC(=O)N1C(=O)C(=C2SC(=O)N(c3ccccc3)C2=O)c2ccccc21. The van der Waals surface area contributed by atoms with Crippen LogP contribution in [0.25, 0.3) is 5.57 Å². The number of rotatable bonds is 1. The Morgan fingerprint density at radius 3 is 2.23 bits per heavy atom. The van der Waals surface area contributed by atoms with Crippen LogP contribution in [0.3, 0.4) is 0 Å². The van der Waals surface area contributed by atoms with Crippen molar-refractivity contribution < 1.29 is 19.2 Å². The highest BCUT2D eigenvalue weighted by Crippen LogP contribution is 2.45. The van der Waals surface area contributed by atoms with E-state index >= 15 is 0 Å². The third-order valence-corrected chi connectivity index (χ3v) is 5.10. The second-order valence-electron chi connectivity index (χ2n) is 5.72. The van der Waals surface area contributed by atoms with Crippen LogP contribution in [0.2, 0.25) is 0 Å². The first kappa shape index (κ1) is 16.3. The van der Waals surface area contributed by atoms with Gasteiger partial charge in [0.1, 0.15) is 0 Å². The molecule has 0 aliphatic carbocycles. The lowest BCUT2D eigenvalue weighted by Crippen LogP contribution is -2.32. The minimum atomic E-state index is -0.586.